The second-order valence-electron chi connectivity index (χ2n) is 9.85. The first-order valence-corrected chi connectivity index (χ1v) is 13.0. The van der Waals surface area contributed by atoms with Crippen LogP contribution in [0.4, 0.5) is 0 Å². The van der Waals surface area contributed by atoms with Crippen molar-refractivity contribution >= 4 is 5.91 Å². The summed E-state index contributed by atoms with van der Waals surface area (Å²) < 4.78 is 16.5. The number of rotatable bonds is 10. The van der Waals surface area contributed by atoms with Crippen molar-refractivity contribution in [3.05, 3.63) is 77.3 Å². The van der Waals surface area contributed by atoms with Crippen molar-refractivity contribution in [2.24, 2.45) is 5.92 Å². The number of fused-ring (bicyclic) bond motifs is 1. The lowest BCUT2D eigenvalue weighted by Crippen LogP contribution is -2.42. The highest BCUT2D eigenvalue weighted by molar-refractivity contribution is 5.92. The Labute approximate surface area is 216 Å². The number of oxazole rings is 1. The monoisotopic (exact) mass is 506 g/mol. The van der Waals surface area contributed by atoms with Crippen LogP contribution in [0.3, 0.4) is 0 Å². The van der Waals surface area contributed by atoms with Crippen LogP contribution >= 0.6 is 0 Å². The van der Waals surface area contributed by atoms with Gasteiger partial charge in [0.1, 0.15) is 18.1 Å². The predicted octanol–water partition coefficient (Wildman–Crippen LogP) is 2.77. The van der Waals surface area contributed by atoms with Gasteiger partial charge in [-0.2, -0.15) is 0 Å². The van der Waals surface area contributed by atoms with Gasteiger partial charge in [-0.25, -0.2) is 4.98 Å². The molecule has 2 aliphatic heterocycles. The Kier molecular flexibility index (Phi) is 8.45. The molecule has 0 bridgehead atoms. The van der Waals surface area contributed by atoms with Crippen LogP contribution in [0.2, 0.25) is 0 Å². The number of ether oxygens (including phenoxy) is 2. The van der Waals surface area contributed by atoms with E-state index in [1.807, 2.05) is 18.2 Å². The minimum absolute atomic E-state index is 0.183. The summed E-state index contributed by atoms with van der Waals surface area (Å²) in [5.74, 6) is 1.82. The van der Waals surface area contributed by atoms with Crippen molar-refractivity contribution in [2.75, 3.05) is 32.8 Å². The van der Waals surface area contributed by atoms with Crippen LogP contribution in [0.5, 0.6) is 5.75 Å². The molecule has 9 heteroatoms. The molecule has 4 heterocycles. The summed E-state index contributed by atoms with van der Waals surface area (Å²) in [5.41, 5.74) is 3.98. The number of amides is 1. The van der Waals surface area contributed by atoms with Gasteiger partial charge in [0.2, 0.25) is 0 Å². The van der Waals surface area contributed by atoms with Crippen LogP contribution in [0.1, 0.15) is 45.8 Å². The first-order chi connectivity index (χ1) is 18.1. The summed E-state index contributed by atoms with van der Waals surface area (Å²) in [4.78, 5) is 23.0. The smallest absolute Gasteiger partial charge is 0.269 e. The lowest BCUT2D eigenvalue weighted by atomic mass is 9.92. The first kappa shape index (κ1) is 25.4. The van der Waals surface area contributed by atoms with Gasteiger partial charge in [-0.1, -0.05) is 6.07 Å². The van der Waals surface area contributed by atoms with Gasteiger partial charge < -0.3 is 24.3 Å². The van der Waals surface area contributed by atoms with Gasteiger partial charge in [-0.3, -0.25) is 14.7 Å². The van der Waals surface area contributed by atoms with Crippen molar-refractivity contribution in [1.82, 2.24) is 20.2 Å². The van der Waals surface area contributed by atoms with Gasteiger partial charge in [-0.15, -0.1) is 0 Å². The fourth-order valence-electron chi connectivity index (χ4n) is 4.97. The van der Waals surface area contributed by atoms with Crippen LogP contribution in [-0.4, -0.2) is 64.8 Å². The molecule has 5 rings (SSSR count). The molecule has 1 aromatic carbocycles. The quantitative estimate of drug-likeness (QED) is 0.432. The minimum Gasteiger partial charge on any atom is -0.486 e. The molecule has 1 saturated heterocycles. The topological polar surface area (TPSA) is 110 Å². The van der Waals surface area contributed by atoms with Gasteiger partial charge in [0.25, 0.3) is 5.91 Å². The van der Waals surface area contributed by atoms with Gasteiger partial charge in [0, 0.05) is 45.6 Å². The van der Waals surface area contributed by atoms with Gasteiger partial charge in [0.05, 0.1) is 12.3 Å². The van der Waals surface area contributed by atoms with Crippen LogP contribution in [0.15, 0.2) is 53.5 Å². The number of carbonyl (C=O) groups excluding carboxylic acids is 1. The molecular weight excluding hydrogens is 472 g/mol. The van der Waals surface area contributed by atoms with Crippen molar-refractivity contribution < 1.29 is 23.8 Å². The van der Waals surface area contributed by atoms with Gasteiger partial charge >= 0.3 is 0 Å². The van der Waals surface area contributed by atoms with Crippen molar-refractivity contribution in [2.45, 2.75) is 44.9 Å². The summed E-state index contributed by atoms with van der Waals surface area (Å²) in [6.07, 6.45) is 7.97. The Morgan fingerprint density at radius 2 is 2.11 bits per heavy atom. The lowest BCUT2D eigenvalue weighted by molar-refractivity contribution is 0.0665. The zero-order chi connectivity index (χ0) is 25.5. The van der Waals surface area contributed by atoms with E-state index in [-0.39, 0.29) is 12.5 Å². The molecule has 196 valence electrons. The number of benzene rings is 1. The van der Waals surface area contributed by atoms with Crippen LogP contribution < -0.4 is 10.1 Å². The van der Waals surface area contributed by atoms with E-state index < -0.39 is 6.10 Å². The molecule has 0 spiro atoms. The number of hydrogen-bond acceptors (Lipinski definition) is 8. The fourth-order valence-corrected chi connectivity index (χ4v) is 4.97. The summed E-state index contributed by atoms with van der Waals surface area (Å²) in [7, 11) is 0. The summed E-state index contributed by atoms with van der Waals surface area (Å²) in [5, 5.41) is 13.4. The van der Waals surface area contributed by atoms with E-state index in [2.05, 4.69) is 32.3 Å². The normalized spacial score (nSPS) is 17.2. The van der Waals surface area contributed by atoms with E-state index in [0.29, 0.717) is 30.5 Å². The second kappa shape index (κ2) is 12.3. The third kappa shape index (κ3) is 7.15. The van der Waals surface area contributed by atoms with Gasteiger partial charge in [0.15, 0.2) is 12.2 Å². The van der Waals surface area contributed by atoms with Gasteiger partial charge in [-0.05, 0) is 72.6 Å². The lowest BCUT2D eigenvalue weighted by Gasteiger charge is -2.30. The average Bonchev–Trinajstić information content (AvgIpc) is 3.45. The Morgan fingerprint density at radius 1 is 1.22 bits per heavy atom. The molecule has 2 N–H and O–H groups in total. The molecule has 3 aromatic rings. The van der Waals surface area contributed by atoms with E-state index >= 15 is 0 Å². The Bertz CT molecular complexity index is 1160. The molecular formula is C28H34N4O5. The number of pyridine rings is 1. The third-order valence-electron chi connectivity index (χ3n) is 7.02. The van der Waals surface area contributed by atoms with E-state index in [9.17, 15) is 9.90 Å². The number of hydrogen-bond donors (Lipinski definition) is 2. The molecule has 0 unspecified atom stereocenters. The highest BCUT2D eigenvalue weighted by Crippen LogP contribution is 2.25. The highest BCUT2D eigenvalue weighted by Gasteiger charge is 2.21. The number of aliphatic hydroxyl groups excluding tert-OH is 1. The maximum atomic E-state index is 12.7. The molecule has 37 heavy (non-hydrogen) atoms. The number of aromatic nitrogens is 2. The zero-order valence-electron chi connectivity index (χ0n) is 21.0. The van der Waals surface area contributed by atoms with Crippen LogP contribution in [-0.2, 0) is 30.7 Å². The number of aliphatic hydroxyl groups is 1. The molecule has 2 aromatic heterocycles. The predicted molar refractivity (Wildman–Crippen MR) is 136 cm³/mol. The Morgan fingerprint density at radius 3 is 2.95 bits per heavy atom. The number of nitrogens with one attached hydrogen (secondary N) is 1. The number of nitrogens with zero attached hydrogens (tertiary/aromatic N) is 3. The van der Waals surface area contributed by atoms with Crippen molar-refractivity contribution in [1.29, 1.82) is 0 Å². The van der Waals surface area contributed by atoms with Crippen molar-refractivity contribution in [3.8, 4) is 5.75 Å². The number of carbonyl (C=O) groups is 1. The van der Waals surface area contributed by atoms with Crippen LogP contribution in [0, 0.1) is 5.92 Å². The van der Waals surface area contributed by atoms with E-state index in [1.165, 1.54) is 17.5 Å². The molecule has 9 nitrogen and oxygen atoms in total. The Hall–Kier alpha value is -3.27. The molecule has 2 aliphatic rings. The zero-order valence-corrected chi connectivity index (χ0v) is 21.0. The molecule has 1 amide bonds. The fraction of sp³-hybridized carbons (Fsp3) is 0.464. The second-order valence-corrected chi connectivity index (χ2v) is 9.85. The minimum atomic E-state index is -0.666. The molecule has 0 aliphatic carbocycles. The molecule has 0 radical (unpaired) electrons. The average molecular weight is 507 g/mol. The van der Waals surface area contributed by atoms with E-state index in [0.717, 1.165) is 63.3 Å². The highest BCUT2D eigenvalue weighted by atomic mass is 16.5. The summed E-state index contributed by atoms with van der Waals surface area (Å²) >= 11 is 0. The molecule has 1 atom stereocenters. The maximum Gasteiger partial charge on any atom is 0.269 e. The number of β-amino-alcohol motifs (C(OH)–C–C–N with tert-alkyl or cyclic N) is 1. The summed E-state index contributed by atoms with van der Waals surface area (Å²) in [6, 6.07) is 9.94. The molecule has 0 saturated carbocycles. The van der Waals surface area contributed by atoms with E-state index in [4.69, 9.17) is 13.9 Å². The van der Waals surface area contributed by atoms with Crippen molar-refractivity contribution in [3.63, 3.8) is 0 Å². The van der Waals surface area contributed by atoms with E-state index in [1.54, 1.807) is 12.4 Å². The first-order valence-electron chi connectivity index (χ1n) is 13.0. The standard InChI is InChI=1S/C28H34N4O5/c33-24(14-31-28(34)27-12-21(3-7-30-27)11-20-5-9-35-10-6-20)17-32-8-4-22-13-25(2-1-23(22)16-32)36-18-26-15-29-19-37-26/h1-3,7,12-13,15,19-20,24,33H,4-6,8-11,14,16-18H2,(H,31,34)/t24-/m0/s1. The van der Waals surface area contributed by atoms with Crippen LogP contribution in [0.25, 0.3) is 0 Å². The maximum absolute atomic E-state index is 12.7. The molecule has 1 fully saturated rings. The Balaban J connectivity index is 1.07. The largest absolute Gasteiger partial charge is 0.486 e. The third-order valence-corrected chi connectivity index (χ3v) is 7.02. The SMILES string of the molecule is O=C(NC[C@H](O)CN1CCc2cc(OCc3cnco3)ccc2C1)c1cc(CC2CCOCC2)ccn1. The summed E-state index contributed by atoms with van der Waals surface area (Å²) in [6.45, 7) is 4.22.